The van der Waals surface area contributed by atoms with Gasteiger partial charge in [-0.1, -0.05) is 0 Å². The van der Waals surface area contributed by atoms with Gasteiger partial charge in [0.05, 0.1) is 5.69 Å². The van der Waals surface area contributed by atoms with E-state index in [0.29, 0.717) is 5.69 Å². The molecule has 0 aliphatic heterocycles. The third kappa shape index (κ3) is 2.44. The molecule has 0 saturated heterocycles. The van der Waals surface area contributed by atoms with E-state index in [1.165, 1.54) is 18.1 Å². The van der Waals surface area contributed by atoms with E-state index in [1.807, 2.05) is 25.1 Å². The molecule has 5 heteroatoms. The number of nitrogens with zero attached hydrogens (tertiary/aromatic N) is 3. The number of nitrogen functional groups attached to an aromatic ring is 1. The second-order valence-corrected chi connectivity index (χ2v) is 4.01. The van der Waals surface area contributed by atoms with Crippen molar-refractivity contribution < 1.29 is 0 Å². The summed E-state index contributed by atoms with van der Waals surface area (Å²) in [4.78, 5) is 12.3. The van der Waals surface area contributed by atoms with Gasteiger partial charge in [-0.3, -0.25) is 0 Å². The molecule has 0 radical (unpaired) electrons. The Labute approximate surface area is 92.0 Å². The van der Waals surface area contributed by atoms with Crippen LogP contribution in [-0.2, 0) is 0 Å². The summed E-state index contributed by atoms with van der Waals surface area (Å²) in [5.74, 6) is 0. The van der Waals surface area contributed by atoms with Crippen molar-refractivity contribution in [2.45, 2.75) is 17.0 Å². The van der Waals surface area contributed by atoms with E-state index in [2.05, 4.69) is 15.0 Å². The Morgan fingerprint density at radius 1 is 1.27 bits per heavy atom. The predicted molar refractivity (Wildman–Crippen MR) is 59.5 cm³/mol. The zero-order chi connectivity index (χ0) is 10.7. The lowest BCUT2D eigenvalue weighted by molar-refractivity contribution is 1.03. The molecule has 0 aliphatic rings. The number of nitrogens with two attached hydrogens (primary N) is 1. The molecular formula is C10H10N4S. The lowest BCUT2D eigenvalue weighted by atomic mass is 10.3. The first-order valence-corrected chi connectivity index (χ1v) is 5.24. The molecule has 0 atom stereocenters. The van der Waals surface area contributed by atoms with Gasteiger partial charge in [-0.15, -0.1) is 0 Å². The molecule has 0 bridgehead atoms. The van der Waals surface area contributed by atoms with Gasteiger partial charge in [0.25, 0.3) is 0 Å². The number of hydrogen-bond acceptors (Lipinski definition) is 5. The number of anilines is 1. The van der Waals surface area contributed by atoms with Crippen LogP contribution in [0.4, 0.5) is 5.69 Å². The molecule has 2 N–H and O–H groups in total. The zero-order valence-electron chi connectivity index (χ0n) is 8.21. The minimum absolute atomic E-state index is 0.671. The molecule has 2 aromatic heterocycles. The second kappa shape index (κ2) is 4.27. The third-order valence-corrected chi connectivity index (χ3v) is 2.76. The van der Waals surface area contributed by atoms with Crippen LogP contribution in [0.25, 0.3) is 0 Å². The summed E-state index contributed by atoms with van der Waals surface area (Å²) in [5, 5.41) is 1.63. The monoisotopic (exact) mass is 218 g/mol. The maximum atomic E-state index is 5.81. The average Bonchev–Trinajstić information content (AvgIpc) is 2.25. The maximum Gasteiger partial charge on any atom is 0.125 e. The van der Waals surface area contributed by atoms with Crippen LogP contribution in [0.2, 0.25) is 0 Å². The van der Waals surface area contributed by atoms with Gasteiger partial charge in [0.2, 0.25) is 0 Å². The Hall–Kier alpha value is -1.62. The number of rotatable bonds is 2. The molecule has 2 aromatic rings. The molecule has 15 heavy (non-hydrogen) atoms. The smallest absolute Gasteiger partial charge is 0.125 e. The quantitative estimate of drug-likeness (QED) is 0.780. The van der Waals surface area contributed by atoms with Gasteiger partial charge >= 0.3 is 0 Å². The Kier molecular flexibility index (Phi) is 2.82. The van der Waals surface area contributed by atoms with Crippen molar-refractivity contribution in [3.63, 3.8) is 0 Å². The number of hydrogen-bond donors (Lipinski definition) is 1. The fraction of sp³-hybridized carbons (Fsp3) is 0.100. The highest BCUT2D eigenvalue weighted by Gasteiger charge is 2.04. The van der Waals surface area contributed by atoms with Gasteiger partial charge in [0.1, 0.15) is 16.4 Å². The summed E-state index contributed by atoms with van der Waals surface area (Å²) < 4.78 is 0. The molecule has 0 unspecified atom stereocenters. The van der Waals surface area contributed by atoms with Crippen LogP contribution in [0.3, 0.4) is 0 Å². The van der Waals surface area contributed by atoms with Crippen molar-refractivity contribution in [2.24, 2.45) is 0 Å². The van der Waals surface area contributed by atoms with Crippen molar-refractivity contribution in [1.29, 1.82) is 0 Å². The first-order chi connectivity index (χ1) is 7.25. The van der Waals surface area contributed by atoms with Crippen LogP contribution >= 0.6 is 11.8 Å². The van der Waals surface area contributed by atoms with Crippen LogP contribution in [0.15, 0.2) is 40.8 Å². The predicted octanol–water partition coefficient (Wildman–Crippen LogP) is 1.91. The summed E-state index contributed by atoms with van der Waals surface area (Å²) in [5.41, 5.74) is 7.43. The normalized spacial score (nSPS) is 10.2. The molecule has 0 aliphatic carbocycles. The summed E-state index contributed by atoms with van der Waals surface area (Å²) in [7, 11) is 0. The summed E-state index contributed by atoms with van der Waals surface area (Å²) in [6.45, 7) is 1.93. The number of aryl methyl sites for hydroxylation is 1. The summed E-state index contributed by atoms with van der Waals surface area (Å²) in [6, 6.07) is 5.57. The summed E-state index contributed by atoms with van der Waals surface area (Å²) in [6.07, 6.45) is 3.20. The molecule has 4 nitrogen and oxygen atoms in total. The van der Waals surface area contributed by atoms with Gasteiger partial charge in [0, 0.05) is 11.9 Å². The van der Waals surface area contributed by atoms with Gasteiger partial charge in [-0.2, -0.15) is 0 Å². The lowest BCUT2D eigenvalue weighted by Gasteiger charge is -2.03. The average molecular weight is 218 g/mol. The van der Waals surface area contributed by atoms with Crippen LogP contribution in [-0.4, -0.2) is 15.0 Å². The number of aromatic nitrogens is 3. The van der Waals surface area contributed by atoms with Gasteiger partial charge < -0.3 is 5.73 Å². The Bertz CT molecular complexity index is 458. The minimum Gasteiger partial charge on any atom is -0.397 e. The highest BCUT2D eigenvalue weighted by Crippen LogP contribution is 2.28. The molecule has 0 spiro atoms. The fourth-order valence-corrected chi connectivity index (χ4v) is 1.87. The van der Waals surface area contributed by atoms with Crippen molar-refractivity contribution in [3.8, 4) is 0 Å². The van der Waals surface area contributed by atoms with Crippen LogP contribution in [0.5, 0.6) is 0 Å². The van der Waals surface area contributed by atoms with E-state index >= 15 is 0 Å². The molecular weight excluding hydrogens is 208 g/mol. The molecule has 76 valence electrons. The highest BCUT2D eigenvalue weighted by molar-refractivity contribution is 7.99. The number of pyridine rings is 1. The van der Waals surface area contributed by atoms with E-state index in [0.717, 1.165) is 15.7 Å². The second-order valence-electron chi connectivity index (χ2n) is 3.00. The van der Waals surface area contributed by atoms with Crippen molar-refractivity contribution in [2.75, 3.05) is 5.73 Å². The molecule has 2 heterocycles. The van der Waals surface area contributed by atoms with Crippen LogP contribution < -0.4 is 5.73 Å². The minimum atomic E-state index is 0.671. The largest absolute Gasteiger partial charge is 0.397 e. The third-order valence-electron chi connectivity index (χ3n) is 1.79. The molecule has 2 rings (SSSR count). The molecule has 0 aromatic carbocycles. The van der Waals surface area contributed by atoms with E-state index in [1.54, 1.807) is 6.20 Å². The lowest BCUT2D eigenvalue weighted by Crippen LogP contribution is -1.93. The van der Waals surface area contributed by atoms with E-state index in [9.17, 15) is 0 Å². The topological polar surface area (TPSA) is 64.7 Å². The molecule has 0 fully saturated rings. The fourth-order valence-electron chi connectivity index (χ4n) is 1.06. The van der Waals surface area contributed by atoms with Crippen molar-refractivity contribution in [1.82, 2.24) is 15.0 Å². The van der Waals surface area contributed by atoms with Gasteiger partial charge in [-0.05, 0) is 36.9 Å². The van der Waals surface area contributed by atoms with Crippen LogP contribution in [0.1, 0.15) is 5.69 Å². The highest BCUT2D eigenvalue weighted by atomic mass is 32.2. The Balaban J connectivity index is 2.28. The first-order valence-electron chi connectivity index (χ1n) is 4.43. The maximum absolute atomic E-state index is 5.81. The van der Waals surface area contributed by atoms with E-state index in [4.69, 9.17) is 5.73 Å². The Morgan fingerprint density at radius 3 is 2.87 bits per heavy atom. The standard InChI is InChI=1S/C10H10N4S/c1-7-2-3-8(11)10(14-7)15-9-4-5-12-6-13-9/h2-6H,11H2,1H3. The summed E-state index contributed by atoms with van der Waals surface area (Å²) >= 11 is 1.44. The SMILES string of the molecule is Cc1ccc(N)c(Sc2ccncn2)n1. The first kappa shape index (κ1) is 9.92. The van der Waals surface area contributed by atoms with Crippen molar-refractivity contribution >= 4 is 17.4 Å². The van der Waals surface area contributed by atoms with E-state index in [-0.39, 0.29) is 0 Å². The molecule has 0 saturated carbocycles. The van der Waals surface area contributed by atoms with Gasteiger partial charge in [-0.25, -0.2) is 15.0 Å². The zero-order valence-corrected chi connectivity index (χ0v) is 9.03. The van der Waals surface area contributed by atoms with E-state index < -0.39 is 0 Å². The molecule has 0 amide bonds. The Morgan fingerprint density at radius 2 is 2.13 bits per heavy atom. The van der Waals surface area contributed by atoms with Gasteiger partial charge in [0.15, 0.2) is 0 Å². The van der Waals surface area contributed by atoms with Crippen molar-refractivity contribution in [3.05, 3.63) is 36.4 Å². The van der Waals surface area contributed by atoms with Crippen LogP contribution in [0, 0.1) is 6.92 Å².